The van der Waals surface area contributed by atoms with Crippen LogP contribution in [-0.4, -0.2) is 33.8 Å². The second-order valence-electron chi connectivity index (χ2n) is 5.45. The second kappa shape index (κ2) is 6.24. The molecule has 0 saturated heterocycles. The van der Waals surface area contributed by atoms with Crippen LogP contribution < -0.4 is 9.47 Å². The van der Waals surface area contributed by atoms with Gasteiger partial charge < -0.3 is 9.47 Å². The van der Waals surface area contributed by atoms with E-state index in [9.17, 15) is 0 Å². The number of nitrogens with zero attached hydrogens (tertiary/aromatic N) is 4. The van der Waals surface area contributed by atoms with Crippen LogP contribution in [0.1, 0.15) is 0 Å². The van der Waals surface area contributed by atoms with Gasteiger partial charge in [0.1, 0.15) is 11.5 Å². The zero-order valence-corrected chi connectivity index (χ0v) is 13.9. The highest BCUT2D eigenvalue weighted by molar-refractivity contribution is 5.81. The third-order valence-electron chi connectivity index (χ3n) is 4.05. The van der Waals surface area contributed by atoms with Gasteiger partial charge in [-0.05, 0) is 48.5 Å². The van der Waals surface area contributed by atoms with E-state index in [0.717, 1.165) is 34.0 Å². The topological polar surface area (TPSA) is 61.5 Å². The summed E-state index contributed by atoms with van der Waals surface area (Å²) in [5, 5.41) is 8.07. The number of imidazole rings is 1. The lowest BCUT2D eigenvalue weighted by molar-refractivity contribution is 0.414. The van der Waals surface area contributed by atoms with Gasteiger partial charge >= 0.3 is 0 Å². The van der Waals surface area contributed by atoms with Gasteiger partial charge in [-0.2, -0.15) is 5.10 Å². The van der Waals surface area contributed by atoms with Crippen molar-refractivity contribution < 1.29 is 9.47 Å². The van der Waals surface area contributed by atoms with Crippen molar-refractivity contribution in [3.8, 4) is 34.0 Å². The molecule has 0 amide bonds. The minimum Gasteiger partial charge on any atom is -0.497 e. The fraction of sp³-hybridized carbons (Fsp3) is 0.105. The molecule has 0 spiro atoms. The first kappa shape index (κ1) is 15.1. The lowest BCUT2D eigenvalue weighted by Crippen LogP contribution is -1.93. The predicted molar refractivity (Wildman–Crippen MR) is 94.8 cm³/mol. The van der Waals surface area contributed by atoms with Crippen LogP contribution in [0.25, 0.3) is 28.3 Å². The molecule has 2 aromatic carbocycles. The Morgan fingerprint density at radius 3 is 2.00 bits per heavy atom. The number of hydrogen-bond acceptors (Lipinski definition) is 5. The molecule has 2 heterocycles. The van der Waals surface area contributed by atoms with E-state index in [-0.39, 0.29) is 0 Å². The van der Waals surface area contributed by atoms with E-state index < -0.39 is 0 Å². The first-order valence-electron chi connectivity index (χ1n) is 7.79. The third kappa shape index (κ3) is 2.67. The molecule has 6 heteroatoms. The Balaban J connectivity index is 1.93. The van der Waals surface area contributed by atoms with Gasteiger partial charge in [0.05, 0.1) is 31.8 Å². The maximum atomic E-state index is 5.26. The van der Waals surface area contributed by atoms with Crippen molar-refractivity contribution in [2.24, 2.45) is 0 Å². The maximum Gasteiger partial charge on any atom is 0.254 e. The number of methoxy groups -OCH3 is 2. The van der Waals surface area contributed by atoms with Crippen LogP contribution in [-0.2, 0) is 0 Å². The molecule has 0 aliphatic carbocycles. The van der Waals surface area contributed by atoms with Crippen molar-refractivity contribution in [2.75, 3.05) is 14.2 Å². The quantitative estimate of drug-likeness (QED) is 0.572. The zero-order chi connectivity index (χ0) is 17.2. The summed E-state index contributed by atoms with van der Waals surface area (Å²) in [6.45, 7) is 0. The molecule has 0 N–H and O–H groups in total. The minimum absolute atomic E-state index is 0.555. The van der Waals surface area contributed by atoms with Gasteiger partial charge in [0.25, 0.3) is 5.78 Å². The molecule has 124 valence electrons. The number of aromatic nitrogens is 4. The average molecular weight is 332 g/mol. The van der Waals surface area contributed by atoms with Crippen molar-refractivity contribution in [1.29, 1.82) is 0 Å². The molecule has 4 rings (SSSR count). The maximum absolute atomic E-state index is 5.26. The fourth-order valence-electron chi connectivity index (χ4n) is 2.79. The molecule has 0 atom stereocenters. The Kier molecular flexibility index (Phi) is 3.78. The van der Waals surface area contributed by atoms with Crippen molar-refractivity contribution in [1.82, 2.24) is 19.6 Å². The molecule has 0 saturated carbocycles. The lowest BCUT2D eigenvalue weighted by Gasteiger charge is -2.07. The van der Waals surface area contributed by atoms with Gasteiger partial charge in [0, 0.05) is 17.3 Å². The molecule has 6 nitrogen and oxygen atoms in total. The largest absolute Gasteiger partial charge is 0.497 e. The van der Waals surface area contributed by atoms with Crippen LogP contribution in [0.3, 0.4) is 0 Å². The molecule has 0 aliphatic rings. The van der Waals surface area contributed by atoms with Crippen LogP contribution >= 0.6 is 0 Å². The van der Waals surface area contributed by atoms with Crippen LogP contribution in [0.15, 0.2) is 60.9 Å². The highest BCUT2D eigenvalue weighted by Gasteiger charge is 2.17. The Labute approximate surface area is 144 Å². The molecule has 0 aliphatic heterocycles. The number of benzene rings is 2. The first-order chi connectivity index (χ1) is 12.3. The van der Waals surface area contributed by atoms with E-state index >= 15 is 0 Å². The molecule has 4 aromatic rings. The third-order valence-corrected chi connectivity index (χ3v) is 4.05. The van der Waals surface area contributed by atoms with E-state index in [4.69, 9.17) is 9.47 Å². The number of hydrogen-bond donors (Lipinski definition) is 0. The van der Waals surface area contributed by atoms with Crippen molar-refractivity contribution >= 4 is 5.78 Å². The van der Waals surface area contributed by atoms with E-state index in [1.807, 2.05) is 59.1 Å². The van der Waals surface area contributed by atoms with Crippen LogP contribution in [0.4, 0.5) is 0 Å². The fourth-order valence-corrected chi connectivity index (χ4v) is 2.79. The highest BCUT2D eigenvalue weighted by Crippen LogP contribution is 2.33. The van der Waals surface area contributed by atoms with E-state index in [1.165, 1.54) is 0 Å². The number of rotatable bonds is 4. The Morgan fingerprint density at radius 1 is 0.800 bits per heavy atom. The summed E-state index contributed by atoms with van der Waals surface area (Å²) >= 11 is 0. The number of fused-ring (bicyclic) bond motifs is 1. The molecule has 2 aromatic heterocycles. The first-order valence-corrected chi connectivity index (χ1v) is 7.79. The minimum atomic E-state index is 0.555. The Morgan fingerprint density at radius 2 is 1.40 bits per heavy atom. The van der Waals surface area contributed by atoms with Crippen LogP contribution in [0.2, 0.25) is 0 Å². The summed E-state index contributed by atoms with van der Waals surface area (Å²) in [6.07, 6.45) is 3.52. The van der Waals surface area contributed by atoms with Gasteiger partial charge in [-0.25, -0.2) is 4.98 Å². The Bertz CT molecular complexity index is 1010. The normalized spacial score (nSPS) is 10.8. The van der Waals surface area contributed by atoms with Crippen LogP contribution in [0, 0.1) is 0 Å². The molecule has 0 radical (unpaired) electrons. The zero-order valence-electron chi connectivity index (χ0n) is 13.9. The number of ether oxygens (including phenoxy) is 2. The van der Waals surface area contributed by atoms with Gasteiger partial charge in [-0.1, -0.05) is 0 Å². The average Bonchev–Trinajstić information content (AvgIpc) is 3.07. The monoisotopic (exact) mass is 332 g/mol. The Hall–Kier alpha value is -3.41. The summed E-state index contributed by atoms with van der Waals surface area (Å²) in [4.78, 5) is 4.67. The molecular weight excluding hydrogens is 316 g/mol. The molecular formula is C19H16N4O2. The van der Waals surface area contributed by atoms with Gasteiger partial charge in [0.2, 0.25) is 0 Å². The predicted octanol–water partition coefficient (Wildman–Crippen LogP) is 3.48. The highest BCUT2D eigenvalue weighted by atomic mass is 16.5. The summed E-state index contributed by atoms with van der Waals surface area (Å²) < 4.78 is 12.4. The lowest BCUT2D eigenvalue weighted by atomic mass is 10.0. The summed E-state index contributed by atoms with van der Waals surface area (Å²) in [6, 6.07) is 15.7. The standard InChI is InChI=1S/C19H16N4O2/c1-24-15-7-3-13(4-8-15)17-18(14-5-9-16(25-2)10-6-14)23-12-11-20-22-19(23)21-17/h3-12H,1-2H3. The molecule has 0 bridgehead atoms. The van der Waals surface area contributed by atoms with E-state index in [0.29, 0.717) is 5.78 Å². The van der Waals surface area contributed by atoms with Crippen molar-refractivity contribution in [3.63, 3.8) is 0 Å². The van der Waals surface area contributed by atoms with E-state index in [2.05, 4.69) is 15.2 Å². The van der Waals surface area contributed by atoms with Crippen LogP contribution in [0.5, 0.6) is 11.5 Å². The summed E-state index contributed by atoms with van der Waals surface area (Å²) in [5.74, 6) is 2.17. The molecule has 0 fully saturated rings. The molecule has 25 heavy (non-hydrogen) atoms. The van der Waals surface area contributed by atoms with Gasteiger partial charge in [-0.15, -0.1) is 5.10 Å². The van der Waals surface area contributed by atoms with Crippen molar-refractivity contribution in [2.45, 2.75) is 0 Å². The van der Waals surface area contributed by atoms with E-state index in [1.54, 1.807) is 20.4 Å². The summed E-state index contributed by atoms with van der Waals surface area (Å²) in [7, 11) is 3.31. The van der Waals surface area contributed by atoms with Crippen molar-refractivity contribution in [3.05, 3.63) is 60.9 Å². The smallest absolute Gasteiger partial charge is 0.254 e. The summed E-state index contributed by atoms with van der Waals surface area (Å²) in [5.41, 5.74) is 3.80. The second-order valence-corrected chi connectivity index (χ2v) is 5.45. The molecule has 0 unspecified atom stereocenters. The SMILES string of the molecule is COc1ccc(-c2nc3nnccn3c2-c2ccc(OC)cc2)cc1. The van der Waals surface area contributed by atoms with Gasteiger partial charge in [-0.3, -0.25) is 4.40 Å². The van der Waals surface area contributed by atoms with Gasteiger partial charge in [0.15, 0.2) is 0 Å².